The topological polar surface area (TPSA) is 118 Å². The molecular weight excluding hydrogens is 436 g/mol. The first kappa shape index (κ1) is 23.4. The van der Waals surface area contributed by atoms with Crippen molar-refractivity contribution in [2.45, 2.75) is 19.8 Å². The number of nitro groups is 1. The first-order valence-electron chi connectivity index (χ1n) is 11.3. The molecule has 0 bridgehead atoms. The molecule has 1 fully saturated rings. The Morgan fingerprint density at radius 1 is 1.15 bits per heavy atom. The van der Waals surface area contributed by atoms with E-state index in [0.29, 0.717) is 42.5 Å². The van der Waals surface area contributed by atoms with E-state index in [9.17, 15) is 14.9 Å². The van der Waals surface area contributed by atoms with Crippen molar-refractivity contribution in [3.63, 3.8) is 0 Å². The molecule has 1 amide bonds. The Hall–Kier alpha value is -3.79. The summed E-state index contributed by atoms with van der Waals surface area (Å²) in [5, 5.41) is 18.1. The number of amides is 1. The summed E-state index contributed by atoms with van der Waals surface area (Å²) in [6, 6.07) is 12.3. The second kappa shape index (κ2) is 10.4. The van der Waals surface area contributed by atoms with Gasteiger partial charge in [0.25, 0.3) is 11.6 Å². The molecule has 4 rings (SSSR count). The molecule has 34 heavy (non-hydrogen) atoms. The number of carbonyl (C=O) groups excluding carboxylic acids is 1. The zero-order valence-corrected chi connectivity index (χ0v) is 19.4. The fourth-order valence-electron chi connectivity index (χ4n) is 4.02. The largest absolute Gasteiger partial charge is 0.387 e. The van der Waals surface area contributed by atoms with Crippen LogP contribution in [0, 0.1) is 17.0 Å². The first-order valence-corrected chi connectivity index (χ1v) is 11.3. The standard InChI is InChI=1S/C24H28N6O4/c1-17-5-7-18(8-6-17)23-26-22(34-27-23)4-3-11-28-12-14-29(15-13-28)24(31)20-16-19(30(32)33)9-10-21(20)25-2/h5-10,16,25H,3-4,11-15H2,1-2H3. The van der Waals surface area contributed by atoms with Gasteiger partial charge in [0.2, 0.25) is 11.7 Å². The summed E-state index contributed by atoms with van der Waals surface area (Å²) in [4.78, 5) is 32.2. The lowest BCUT2D eigenvalue weighted by atomic mass is 10.1. The quantitative estimate of drug-likeness (QED) is 0.398. The average molecular weight is 465 g/mol. The molecule has 0 radical (unpaired) electrons. The maximum atomic E-state index is 13.0. The molecule has 0 unspecified atom stereocenters. The van der Waals surface area contributed by atoms with E-state index in [0.717, 1.165) is 31.6 Å². The van der Waals surface area contributed by atoms with Crippen molar-refractivity contribution in [1.82, 2.24) is 19.9 Å². The van der Waals surface area contributed by atoms with Gasteiger partial charge in [-0.3, -0.25) is 19.8 Å². The van der Waals surface area contributed by atoms with E-state index in [2.05, 4.69) is 20.4 Å². The summed E-state index contributed by atoms with van der Waals surface area (Å²) < 4.78 is 5.40. The van der Waals surface area contributed by atoms with Crippen LogP contribution in [0.4, 0.5) is 11.4 Å². The number of hydrogen-bond donors (Lipinski definition) is 1. The fraction of sp³-hybridized carbons (Fsp3) is 0.375. The van der Waals surface area contributed by atoms with E-state index in [4.69, 9.17) is 4.52 Å². The monoisotopic (exact) mass is 464 g/mol. The zero-order chi connectivity index (χ0) is 24.1. The molecule has 1 aromatic heterocycles. The number of benzene rings is 2. The number of nitrogens with one attached hydrogen (secondary N) is 1. The van der Waals surface area contributed by atoms with Crippen molar-refractivity contribution in [2.24, 2.45) is 0 Å². The van der Waals surface area contributed by atoms with Crippen LogP contribution >= 0.6 is 0 Å². The van der Waals surface area contributed by atoms with Gasteiger partial charge in [0.05, 0.1) is 10.5 Å². The minimum absolute atomic E-state index is 0.0902. The van der Waals surface area contributed by atoms with Gasteiger partial charge in [0.1, 0.15) is 0 Å². The Morgan fingerprint density at radius 2 is 1.88 bits per heavy atom. The van der Waals surface area contributed by atoms with Gasteiger partial charge in [0.15, 0.2) is 0 Å². The van der Waals surface area contributed by atoms with E-state index in [1.54, 1.807) is 18.0 Å². The van der Waals surface area contributed by atoms with Gasteiger partial charge >= 0.3 is 0 Å². The smallest absolute Gasteiger partial charge is 0.270 e. The third-order valence-electron chi connectivity index (χ3n) is 6.02. The first-order chi connectivity index (χ1) is 16.4. The molecule has 0 saturated carbocycles. The summed E-state index contributed by atoms with van der Waals surface area (Å²) in [5.74, 6) is 1.03. The highest BCUT2D eigenvalue weighted by atomic mass is 16.6. The van der Waals surface area contributed by atoms with Crippen LogP contribution in [0.2, 0.25) is 0 Å². The van der Waals surface area contributed by atoms with Gasteiger partial charge < -0.3 is 14.7 Å². The van der Waals surface area contributed by atoms with E-state index in [1.807, 2.05) is 31.2 Å². The molecule has 178 valence electrons. The normalized spacial score (nSPS) is 14.2. The molecule has 1 aliphatic heterocycles. The summed E-state index contributed by atoms with van der Waals surface area (Å²) in [7, 11) is 1.70. The molecule has 0 spiro atoms. The fourth-order valence-corrected chi connectivity index (χ4v) is 4.02. The predicted octanol–water partition coefficient (Wildman–Crippen LogP) is 3.39. The number of anilines is 1. The van der Waals surface area contributed by atoms with E-state index >= 15 is 0 Å². The number of aromatic nitrogens is 2. The third-order valence-corrected chi connectivity index (χ3v) is 6.02. The van der Waals surface area contributed by atoms with Crippen molar-refractivity contribution in [3.8, 4) is 11.4 Å². The van der Waals surface area contributed by atoms with E-state index < -0.39 is 4.92 Å². The number of nitro benzene ring substituents is 1. The average Bonchev–Trinajstić information content (AvgIpc) is 3.33. The van der Waals surface area contributed by atoms with Crippen LogP contribution in [-0.4, -0.2) is 70.5 Å². The molecule has 10 heteroatoms. The minimum Gasteiger partial charge on any atom is -0.387 e. The summed E-state index contributed by atoms with van der Waals surface area (Å²) >= 11 is 0. The molecule has 0 atom stereocenters. The van der Waals surface area contributed by atoms with Gasteiger partial charge in [-0.25, -0.2) is 0 Å². The van der Waals surface area contributed by atoms with Crippen molar-refractivity contribution in [2.75, 3.05) is 45.1 Å². The van der Waals surface area contributed by atoms with Crippen molar-refractivity contribution < 1.29 is 14.2 Å². The predicted molar refractivity (Wildman–Crippen MR) is 128 cm³/mol. The van der Waals surface area contributed by atoms with Gasteiger partial charge in [-0.05, 0) is 26.0 Å². The van der Waals surface area contributed by atoms with Crippen LogP contribution in [0.25, 0.3) is 11.4 Å². The maximum Gasteiger partial charge on any atom is 0.270 e. The lowest BCUT2D eigenvalue weighted by Crippen LogP contribution is -2.49. The molecule has 0 aliphatic carbocycles. The summed E-state index contributed by atoms with van der Waals surface area (Å²) in [5.41, 5.74) is 2.94. The molecule has 10 nitrogen and oxygen atoms in total. The molecule has 3 aromatic rings. The summed E-state index contributed by atoms with van der Waals surface area (Å²) in [6.45, 7) is 5.53. The van der Waals surface area contributed by atoms with Crippen molar-refractivity contribution >= 4 is 17.3 Å². The minimum atomic E-state index is -0.485. The number of aryl methyl sites for hydroxylation is 2. The number of nitrogens with zero attached hydrogens (tertiary/aromatic N) is 5. The molecule has 2 heterocycles. The SMILES string of the molecule is CNc1ccc([N+](=O)[O-])cc1C(=O)N1CCN(CCCc2nc(-c3ccc(C)cc3)no2)CC1. The summed E-state index contributed by atoms with van der Waals surface area (Å²) in [6.07, 6.45) is 1.56. The van der Waals surface area contributed by atoms with Crippen LogP contribution in [-0.2, 0) is 6.42 Å². The molecule has 2 aromatic carbocycles. The Labute approximate surface area is 197 Å². The van der Waals surface area contributed by atoms with Crippen LogP contribution in [0.5, 0.6) is 0 Å². The molecule has 1 saturated heterocycles. The lowest BCUT2D eigenvalue weighted by Gasteiger charge is -2.35. The van der Waals surface area contributed by atoms with Crippen LogP contribution in [0.1, 0.15) is 28.2 Å². The molecule has 1 N–H and O–H groups in total. The Balaban J connectivity index is 1.26. The highest BCUT2D eigenvalue weighted by molar-refractivity contribution is 6.00. The Kier molecular flexibility index (Phi) is 7.17. The van der Waals surface area contributed by atoms with E-state index in [1.165, 1.54) is 17.7 Å². The van der Waals surface area contributed by atoms with Gasteiger partial charge in [-0.15, -0.1) is 0 Å². The van der Waals surface area contributed by atoms with E-state index in [-0.39, 0.29) is 11.6 Å². The second-order valence-electron chi connectivity index (χ2n) is 8.35. The number of non-ortho nitro benzene ring substituents is 1. The van der Waals surface area contributed by atoms with Crippen LogP contribution in [0.3, 0.4) is 0 Å². The third kappa shape index (κ3) is 5.40. The number of carbonyl (C=O) groups is 1. The molecule has 1 aliphatic rings. The number of hydrogen-bond acceptors (Lipinski definition) is 8. The van der Waals surface area contributed by atoms with Gasteiger partial charge in [-0.1, -0.05) is 35.0 Å². The Bertz CT molecular complexity index is 1150. The van der Waals surface area contributed by atoms with Gasteiger partial charge in [0, 0.05) is 63.0 Å². The number of rotatable bonds is 8. The lowest BCUT2D eigenvalue weighted by molar-refractivity contribution is -0.384. The van der Waals surface area contributed by atoms with Crippen molar-refractivity contribution in [3.05, 3.63) is 69.6 Å². The molecular formula is C24H28N6O4. The van der Waals surface area contributed by atoms with Crippen LogP contribution in [0.15, 0.2) is 47.0 Å². The van der Waals surface area contributed by atoms with Gasteiger partial charge in [-0.2, -0.15) is 4.98 Å². The highest BCUT2D eigenvalue weighted by Gasteiger charge is 2.25. The van der Waals surface area contributed by atoms with Crippen molar-refractivity contribution in [1.29, 1.82) is 0 Å². The zero-order valence-electron chi connectivity index (χ0n) is 19.4. The Morgan fingerprint density at radius 3 is 2.56 bits per heavy atom. The highest BCUT2D eigenvalue weighted by Crippen LogP contribution is 2.24. The second-order valence-corrected chi connectivity index (χ2v) is 8.35. The van der Waals surface area contributed by atoms with Crippen LogP contribution < -0.4 is 5.32 Å². The maximum absolute atomic E-state index is 13.0. The number of piperazine rings is 1.